The lowest BCUT2D eigenvalue weighted by atomic mass is 10.1. The topological polar surface area (TPSA) is 21.3 Å². The molecule has 2 nitrogen and oxygen atoms in total. The van der Waals surface area contributed by atoms with Crippen LogP contribution >= 0.6 is 39.1 Å². The Morgan fingerprint density at radius 2 is 1.90 bits per heavy atom. The van der Waals surface area contributed by atoms with Gasteiger partial charge in [0.15, 0.2) is 0 Å². The summed E-state index contributed by atoms with van der Waals surface area (Å²) in [5.74, 6) is 0.868. The molecule has 0 fully saturated rings. The van der Waals surface area contributed by atoms with Crippen LogP contribution in [0.3, 0.4) is 0 Å². The summed E-state index contributed by atoms with van der Waals surface area (Å²) in [6, 6.07) is 13.4. The summed E-state index contributed by atoms with van der Waals surface area (Å²) < 4.78 is 6.66. The molecule has 112 valence electrons. The maximum absolute atomic E-state index is 6.12. The van der Waals surface area contributed by atoms with E-state index in [1.807, 2.05) is 36.4 Å². The van der Waals surface area contributed by atoms with Gasteiger partial charge in [0.1, 0.15) is 12.4 Å². The monoisotopic (exact) mass is 387 g/mol. The molecule has 0 saturated heterocycles. The average Bonchev–Trinajstić information content (AvgIpc) is 2.44. The van der Waals surface area contributed by atoms with E-state index in [0.29, 0.717) is 11.6 Å². The highest BCUT2D eigenvalue weighted by Gasteiger charge is 2.01. The largest absolute Gasteiger partial charge is 0.492 e. The molecule has 0 heterocycles. The van der Waals surface area contributed by atoms with E-state index in [4.69, 9.17) is 27.9 Å². The summed E-state index contributed by atoms with van der Waals surface area (Å²) in [5.41, 5.74) is 1.10. The maximum atomic E-state index is 6.12. The van der Waals surface area contributed by atoms with Crippen LogP contribution in [-0.2, 0) is 6.42 Å². The van der Waals surface area contributed by atoms with Crippen molar-refractivity contribution in [2.24, 2.45) is 0 Å². The van der Waals surface area contributed by atoms with Crippen LogP contribution in [0.25, 0.3) is 0 Å². The Labute approximate surface area is 143 Å². The molecule has 0 aromatic heterocycles. The standard InChI is InChI=1S/C16H16BrCl2NO/c17-13-2-1-3-15(10-13)21-9-8-20-7-6-12-4-5-14(18)11-16(12)19/h1-5,10-11,20H,6-9H2. The zero-order valence-corrected chi connectivity index (χ0v) is 14.5. The number of halogens is 3. The van der Waals surface area contributed by atoms with E-state index < -0.39 is 0 Å². The van der Waals surface area contributed by atoms with Crippen molar-refractivity contribution < 1.29 is 4.74 Å². The molecule has 2 aromatic carbocycles. The predicted octanol–water partition coefficient (Wildman–Crippen LogP) is 4.97. The third kappa shape index (κ3) is 5.87. The summed E-state index contributed by atoms with van der Waals surface area (Å²) in [6.07, 6.45) is 0.868. The molecule has 0 bridgehead atoms. The number of hydrogen-bond acceptors (Lipinski definition) is 2. The molecule has 0 atom stereocenters. The number of nitrogens with one attached hydrogen (secondary N) is 1. The van der Waals surface area contributed by atoms with Crippen LogP contribution in [0.4, 0.5) is 0 Å². The van der Waals surface area contributed by atoms with Gasteiger partial charge in [0.2, 0.25) is 0 Å². The van der Waals surface area contributed by atoms with Crippen molar-refractivity contribution in [2.45, 2.75) is 6.42 Å². The van der Waals surface area contributed by atoms with Crippen LogP contribution in [-0.4, -0.2) is 19.7 Å². The molecule has 5 heteroatoms. The van der Waals surface area contributed by atoms with E-state index >= 15 is 0 Å². The molecule has 0 amide bonds. The molecule has 0 saturated carbocycles. The smallest absolute Gasteiger partial charge is 0.120 e. The molecule has 0 radical (unpaired) electrons. The van der Waals surface area contributed by atoms with Crippen molar-refractivity contribution in [2.75, 3.05) is 19.7 Å². The van der Waals surface area contributed by atoms with Crippen LogP contribution in [0.1, 0.15) is 5.56 Å². The van der Waals surface area contributed by atoms with E-state index in [0.717, 1.165) is 40.3 Å². The third-order valence-electron chi connectivity index (χ3n) is 2.93. The molecule has 0 aliphatic carbocycles. The van der Waals surface area contributed by atoms with Crippen molar-refractivity contribution in [1.82, 2.24) is 5.32 Å². The van der Waals surface area contributed by atoms with E-state index in [-0.39, 0.29) is 0 Å². The number of ether oxygens (including phenoxy) is 1. The van der Waals surface area contributed by atoms with Gasteiger partial charge in [0.05, 0.1) is 0 Å². The number of rotatable bonds is 7. The summed E-state index contributed by atoms with van der Waals surface area (Å²) in [7, 11) is 0. The van der Waals surface area contributed by atoms with Gasteiger partial charge >= 0.3 is 0 Å². The molecular formula is C16H16BrCl2NO. The van der Waals surface area contributed by atoms with E-state index in [9.17, 15) is 0 Å². The number of hydrogen-bond donors (Lipinski definition) is 1. The molecule has 0 unspecified atom stereocenters. The van der Waals surface area contributed by atoms with Crippen LogP contribution in [0, 0.1) is 0 Å². The zero-order chi connectivity index (χ0) is 15.1. The van der Waals surface area contributed by atoms with Gasteiger partial charge in [-0.15, -0.1) is 0 Å². The Balaban J connectivity index is 1.64. The van der Waals surface area contributed by atoms with Crippen molar-refractivity contribution in [3.05, 3.63) is 62.5 Å². The predicted molar refractivity (Wildman–Crippen MR) is 92.7 cm³/mol. The van der Waals surface area contributed by atoms with Crippen LogP contribution in [0.2, 0.25) is 10.0 Å². The lowest BCUT2D eigenvalue weighted by Crippen LogP contribution is -2.23. The van der Waals surface area contributed by atoms with Crippen LogP contribution in [0.5, 0.6) is 5.75 Å². The SMILES string of the molecule is Clc1ccc(CCNCCOc2cccc(Br)c2)c(Cl)c1. The Bertz CT molecular complexity index is 592. The van der Waals surface area contributed by atoms with E-state index in [1.54, 1.807) is 6.07 Å². The van der Waals surface area contributed by atoms with Crippen molar-refractivity contribution in [3.8, 4) is 5.75 Å². The Morgan fingerprint density at radius 3 is 2.67 bits per heavy atom. The molecule has 2 aromatic rings. The molecule has 0 aliphatic rings. The Hall–Kier alpha value is -0.740. The first-order chi connectivity index (χ1) is 10.1. The van der Waals surface area contributed by atoms with Gasteiger partial charge < -0.3 is 10.1 Å². The first-order valence-corrected chi connectivity index (χ1v) is 8.23. The lowest BCUT2D eigenvalue weighted by Gasteiger charge is -2.09. The quantitative estimate of drug-likeness (QED) is 0.676. The average molecular weight is 389 g/mol. The molecule has 1 N–H and O–H groups in total. The van der Waals surface area contributed by atoms with Gasteiger partial charge in [-0.3, -0.25) is 0 Å². The summed E-state index contributed by atoms with van der Waals surface area (Å²) in [4.78, 5) is 0. The Morgan fingerprint density at radius 1 is 1.05 bits per heavy atom. The summed E-state index contributed by atoms with van der Waals surface area (Å²) >= 11 is 15.4. The molecule has 2 rings (SSSR count). The first-order valence-electron chi connectivity index (χ1n) is 6.68. The molecule has 0 spiro atoms. The second-order valence-electron chi connectivity index (χ2n) is 4.54. The van der Waals surface area contributed by atoms with Gasteiger partial charge in [-0.2, -0.15) is 0 Å². The second kappa shape index (κ2) is 8.64. The minimum absolute atomic E-state index is 0.630. The van der Waals surface area contributed by atoms with Crippen molar-refractivity contribution in [1.29, 1.82) is 0 Å². The minimum atomic E-state index is 0.630. The fourth-order valence-electron chi connectivity index (χ4n) is 1.87. The van der Waals surface area contributed by atoms with Gasteiger partial charge in [0, 0.05) is 21.1 Å². The zero-order valence-electron chi connectivity index (χ0n) is 11.4. The first kappa shape index (κ1) is 16.6. The van der Waals surface area contributed by atoms with Crippen LogP contribution in [0.15, 0.2) is 46.9 Å². The van der Waals surface area contributed by atoms with Gasteiger partial charge in [-0.05, 0) is 48.9 Å². The van der Waals surface area contributed by atoms with Crippen LogP contribution < -0.4 is 10.1 Å². The highest BCUT2D eigenvalue weighted by Crippen LogP contribution is 2.21. The highest BCUT2D eigenvalue weighted by atomic mass is 79.9. The van der Waals surface area contributed by atoms with Crippen molar-refractivity contribution in [3.63, 3.8) is 0 Å². The fraction of sp³-hybridized carbons (Fsp3) is 0.250. The highest BCUT2D eigenvalue weighted by molar-refractivity contribution is 9.10. The van der Waals surface area contributed by atoms with Gasteiger partial charge in [-0.25, -0.2) is 0 Å². The normalized spacial score (nSPS) is 10.6. The maximum Gasteiger partial charge on any atom is 0.120 e. The molecule has 0 aliphatic heterocycles. The van der Waals surface area contributed by atoms with Crippen molar-refractivity contribution >= 4 is 39.1 Å². The Kier molecular flexibility index (Phi) is 6.84. The lowest BCUT2D eigenvalue weighted by molar-refractivity contribution is 0.314. The van der Waals surface area contributed by atoms with Gasteiger partial charge in [0.25, 0.3) is 0 Å². The molecular weight excluding hydrogens is 373 g/mol. The number of benzene rings is 2. The summed E-state index contributed by atoms with van der Waals surface area (Å²) in [6.45, 7) is 2.27. The minimum Gasteiger partial charge on any atom is -0.492 e. The summed E-state index contributed by atoms with van der Waals surface area (Å²) in [5, 5.41) is 4.72. The second-order valence-corrected chi connectivity index (χ2v) is 6.30. The van der Waals surface area contributed by atoms with Gasteiger partial charge in [-0.1, -0.05) is 51.3 Å². The molecule has 21 heavy (non-hydrogen) atoms. The van der Waals surface area contributed by atoms with E-state index in [2.05, 4.69) is 21.2 Å². The third-order valence-corrected chi connectivity index (χ3v) is 4.01. The fourth-order valence-corrected chi connectivity index (χ4v) is 2.75. The van der Waals surface area contributed by atoms with E-state index in [1.165, 1.54) is 0 Å².